The predicted octanol–water partition coefficient (Wildman–Crippen LogP) is 5.34. The molecule has 0 unspecified atom stereocenters. The van der Waals surface area contributed by atoms with Gasteiger partial charge in [-0.15, -0.1) is 0 Å². The molecule has 1 fully saturated rings. The van der Waals surface area contributed by atoms with Gasteiger partial charge in [-0.1, -0.05) is 57.9 Å². The van der Waals surface area contributed by atoms with Crippen molar-refractivity contribution in [2.24, 2.45) is 0 Å². The quantitative estimate of drug-likeness (QED) is 0.643. The Kier molecular flexibility index (Phi) is 4.90. The van der Waals surface area contributed by atoms with Crippen LogP contribution in [0.5, 0.6) is 0 Å². The molecule has 116 valence electrons. The van der Waals surface area contributed by atoms with E-state index in [9.17, 15) is 9.59 Å². The number of amides is 2. The van der Waals surface area contributed by atoms with Crippen LogP contribution >= 0.6 is 39.3 Å². The van der Waals surface area contributed by atoms with Gasteiger partial charge in [0.15, 0.2) is 0 Å². The Balaban J connectivity index is 1.82. The number of imide groups is 1. The Morgan fingerprint density at radius 2 is 1.78 bits per heavy atom. The Bertz CT molecular complexity index is 804. The third-order valence-corrected chi connectivity index (χ3v) is 5.13. The lowest BCUT2D eigenvalue weighted by atomic mass is 10.2. The molecule has 0 spiro atoms. The number of benzene rings is 2. The fourth-order valence-electron chi connectivity index (χ4n) is 2.14. The minimum absolute atomic E-state index is 0.183. The number of hydrogen-bond acceptors (Lipinski definition) is 3. The highest BCUT2D eigenvalue weighted by Gasteiger charge is 2.35. The van der Waals surface area contributed by atoms with Gasteiger partial charge >= 0.3 is 0 Å². The smallest absolute Gasteiger partial charge is 0.268 e. The van der Waals surface area contributed by atoms with E-state index in [4.69, 9.17) is 11.6 Å². The molecule has 6 heteroatoms. The molecule has 0 N–H and O–H groups in total. The summed E-state index contributed by atoms with van der Waals surface area (Å²) in [6.45, 7) is 0.183. The maximum atomic E-state index is 12.5. The van der Waals surface area contributed by atoms with E-state index in [2.05, 4.69) is 15.9 Å². The van der Waals surface area contributed by atoms with Crippen molar-refractivity contribution in [1.29, 1.82) is 0 Å². The molecule has 0 aromatic heterocycles. The minimum atomic E-state index is -0.289. The number of nitrogens with zero attached hydrogens (tertiary/aromatic N) is 1. The lowest BCUT2D eigenvalue weighted by molar-refractivity contribution is -0.123. The molecule has 3 nitrogen and oxygen atoms in total. The van der Waals surface area contributed by atoms with Gasteiger partial charge in [0.05, 0.1) is 11.4 Å². The largest absolute Gasteiger partial charge is 0.293 e. The number of carbonyl (C=O) groups excluding carboxylic acids is 2. The average molecular weight is 409 g/mol. The molecule has 2 aromatic rings. The van der Waals surface area contributed by atoms with Crippen LogP contribution in [-0.4, -0.2) is 16.0 Å². The summed E-state index contributed by atoms with van der Waals surface area (Å²) in [5.74, 6) is -0.289. The number of halogens is 2. The monoisotopic (exact) mass is 407 g/mol. The molecule has 1 aliphatic rings. The van der Waals surface area contributed by atoms with E-state index in [1.165, 1.54) is 4.90 Å². The molecule has 1 aliphatic heterocycles. The van der Waals surface area contributed by atoms with E-state index < -0.39 is 0 Å². The zero-order valence-electron chi connectivity index (χ0n) is 11.8. The minimum Gasteiger partial charge on any atom is -0.268 e. The van der Waals surface area contributed by atoms with Crippen LogP contribution in [0.4, 0.5) is 4.79 Å². The van der Waals surface area contributed by atoms with Gasteiger partial charge in [-0.25, -0.2) is 0 Å². The maximum absolute atomic E-state index is 12.5. The van der Waals surface area contributed by atoms with E-state index in [1.807, 2.05) is 42.5 Å². The zero-order chi connectivity index (χ0) is 16.4. The highest BCUT2D eigenvalue weighted by Crippen LogP contribution is 2.34. The predicted molar refractivity (Wildman–Crippen MR) is 97.1 cm³/mol. The second kappa shape index (κ2) is 6.91. The molecule has 2 aromatic carbocycles. The van der Waals surface area contributed by atoms with E-state index in [0.717, 1.165) is 27.4 Å². The lowest BCUT2D eigenvalue weighted by Gasteiger charge is -2.13. The summed E-state index contributed by atoms with van der Waals surface area (Å²) >= 11 is 10.4. The highest BCUT2D eigenvalue weighted by molar-refractivity contribution is 9.10. The molecule has 0 radical (unpaired) electrons. The van der Waals surface area contributed by atoms with Gasteiger partial charge in [-0.05, 0) is 47.2 Å². The van der Waals surface area contributed by atoms with Crippen LogP contribution in [0.3, 0.4) is 0 Å². The molecule has 0 aliphatic carbocycles. The van der Waals surface area contributed by atoms with E-state index in [0.29, 0.717) is 9.93 Å². The van der Waals surface area contributed by atoms with Gasteiger partial charge in [0.2, 0.25) is 0 Å². The second-order valence-corrected chi connectivity index (χ2v) is 7.23. The molecule has 0 bridgehead atoms. The van der Waals surface area contributed by atoms with Crippen molar-refractivity contribution in [1.82, 2.24) is 4.90 Å². The van der Waals surface area contributed by atoms with Gasteiger partial charge in [0.25, 0.3) is 11.1 Å². The molecule has 1 saturated heterocycles. The molecule has 0 atom stereocenters. The summed E-state index contributed by atoms with van der Waals surface area (Å²) in [6.07, 6.45) is 1.73. The van der Waals surface area contributed by atoms with Crippen molar-refractivity contribution >= 4 is 56.5 Å². The Hall–Kier alpha value is -1.56. The first-order chi connectivity index (χ1) is 11.0. The normalized spacial score (nSPS) is 16.4. The standard InChI is InChI=1S/C17H11BrClNO2S/c18-13-7-5-11(6-8-13)9-15-16(21)20(17(22)23-15)10-12-3-1-2-4-14(12)19/h1-9H,10H2/b15-9+. The SMILES string of the molecule is O=C1S/C(=C/c2ccc(Br)cc2)C(=O)N1Cc1ccccc1Cl. The first-order valence-corrected chi connectivity index (χ1v) is 8.77. The molecule has 23 heavy (non-hydrogen) atoms. The Morgan fingerprint density at radius 1 is 1.09 bits per heavy atom. The van der Waals surface area contributed by atoms with Crippen LogP contribution in [0.1, 0.15) is 11.1 Å². The molecule has 2 amide bonds. The van der Waals surface area contributed by atoms with Crippen molar-refractivity contribution in [3.8, 4) is 0 Å². The first kappa shape index (κ1) is 16.3. The van der Waals surface area contributed by atoms with Crippen LogP contribution in [0, 0.1) is 0 Å². The van der Waals surface area contributed by atoms with Crippen LogP contribution in [0.25, 0.3) is 6.08 Å². The van der Waals surface area contributed by atoms with Crippen molar-refractivity contribution < 1.29 is 9.59 Å². The molecular weight excluding hydrogens is 398 g/mol. The fourth-order valence-corrected chi connectivity index (χ4v) is 3.44. The third-order valence-electron chi connectivity index (χ3n) is 3.33. The summed E-state index contributed by atoms with van der Waals surface area (Å²) in [5.41, 5.74) is 1.62. The van der Waals surface area contributed by atoms with E-state index in [-0.39, 0.29) is 17.7 Å². The summed E-state index contributed by atoms with van der Waals surface area (Å²) in [4.78, 5) is 26.2. The van der Waals surface area contributed by atoms with Crippen LogP contribution < -0.4 is 0 Å². The number of hydrogen-bond donors (Lipinski definition) is 0. The number of thioether (sulfide) groups is 1. The number of carbonyl (C=O) groups is 2. The topological polar surface area (TPSA) is 37.4 Å². The fraction of sp³-hybridized carbons (Fsp3) is 0.0588. The highest BCUT2D eigenvalue weighted by atomic mass is 79.9. The van der Waals surface area contributed by atoms with E-state index in [1.54, 1.807) is 12.1 Å². The summed E-state index contributed by atoms with van der Waals surface area (Å²) < 4.78 is 0.960. The molecule has 1 heterocycles. The Labute approximate surface area is 151 Å². The first-order valence-electron chi connectivity index (χ1n) is 6.79. The van der Waals surface area contributed by atoms with Gasteiger partial charge in [0, 0.05) is 9.50 Å². The van der Waals surface area contributed by atoms with Crippen molar-refractivity contribution in [3.63, 3.8) is 0 Å². The summed E-state index contributed by atoms with van der Waals surface area (Å²) in [6, 6.07) is 14.7. The summed E-state index contributed by atoms with van der Waals surface area (Å²) in [7, 11) is 0. The summed E-state index contributed by atoms with van der Waals surface area (Å²) in [5, 5.41) is 0.265. The number of rotatable bonds is 3. The lowest BCUT2D eigenvalue weighted by Crippen LogP contribution is -2.27. The zero-order valence-corrected chi connectivity index (χ0v) is 15.0. The van der Waals surface area contributed by atoms with Crippen molar-refractivity contribution in [2.45, 2.75) is 6.54 Å². The van der Waals surface area contributed by atoms with Gasteiger partial charge in [0.1, 0.15) is 0 Å². The molecule has 0 saturated carbocycles. The molecular formula is C17H11BrClNO2S. The van der Waals surface area contributed by atoms with Crippen molar-refractivity contribution in [2.75, 3.05) is 0 Å². The molecule has 3 rings (SSSR count). The van der Waals surface area contributed by atoms with Crippen molar-refractivity contribution in [3.05, 3.63) is 74.1 Å². The third kappa shape index (κ3) is 3.68. The van der Waals surface area contributed by atoms with Gasteiger partial charge in [-0.2, -0.15) is 0 Å². The Morgan fingerprint density at radius 3 is 2.48 bits per heavy atom. The van der Waals surface area contributed by atoms with Crippen LogP contribution in [-0.2, 0) is 11.3 Å². The van der Waals surface area contributed by atoms with Gasteiger partial charge in [-0.3, -0.25) is 14.5 Å². The van der Waals surface area contributed by atoms with E-state index >= 15 is 0 Å². The van der Waals surface area contributed by atoms with Crippen LogP contribution in [0.15, 0.2) is 57.9 Å². The van der Waals surface area contributed by atoms with Crippen LogP contribution in [0.2, 0.25) is 5.02 Å². The average Bonchev–Trinajstić information content (AvgIpc) is 2.79. The maximum Gasteiger partial charge on any atom is 0.293 e. The second-order valence-electron chi connectivity index (χ2n) is 4.91. The van der Waals surface area contributed by atoms with Gasteiger partial charge < -0.3 is 0 Å².